The third-order valence-corrected chi connectivity index (χ3v) is 5.20. The van der Waals surface area contributed by atoms with Crippen molar-refractivity contribution in [3.05, 3.63) is 46.6 Å². The number of carbonyl (C=O) groups excluding carboxylic acids is 1. The Morgan fingerprint density at radius 3 is 2.35 bits per heavy atom. The summed E-state index contributed by atoms with van der Waals surface area (Å²) in [5.74, 6) is -0.143. The molecular formula is C22H32O4. The molecule has 1 saturated heterocycles. The van der Waals surface area contributed by atoms with Crippen LogP contribution in [-0.2, 0) is 9.53 Å². The first-order valence-corrected chi connectivity index (χ1v) is 9.46. The van der Waals surface area contributed by atoms with Gasteiger partial charge in [0.05, 0.1) is 6.61 Å². The molecule has 2 aliphatic rings. The van der Waals surface area contributed by atoms with Gasteiger partial charge in [-0.1, -0.05) is 34.9 Å². The van der Waals surface area contributed by atoms with Gasteiger partial charge in [-0.05, 0) is 65.0 Å². The smallest absolute Gasteiger partial charge is 0.190 e. The van der Waals surface area contributed by atoms with E-state index in [2.05, 4.69) is 45.9 Å². The summed E-state index contributed by atoms with van der Waals surface area (Å²) < 4.78 is 5.55. The van der Waals surface area contributed by atoms with Gasteiger partial charge >= 0.3 is 0 Å². The van der Waals surface area contributed by atoms with Gasteiger partial charge < -0.3 is 14.9 Å². The van der Waals surface area contributed by atoms with Crippen LogP contribution in [0.5, 0.6) is 0 Å². The second-order valence-corrected chi connectivity index (χ2v) is 7.78. The highest BCUT2D eigenvalue weighted by Gasteiger charge is 2.66. The van der Waals surface area contributed by atoms with Crippen LogP contribution in [0.2, 0.25) is 0 Å². The van der Waals surface area contributed by atoms with E-state index >= 15 is 0 Å². The Kier molecular flexibility index (Phi) is 7.16. The summed E-state index contributed by atoms with van der Waals surface area (Å²) in [6, 6.07) is 0. The van der Waals surface area contributed by atoms with Gasteiger partial charge in [-0.25, -0.2) is 0 Å². The summed E-state index contributed by atoms with van der Waals surface area (Å²) in [5, 5.41) is 19.3. The Labute approximate surface area is 156 Å². The zero-order valence-corrected chi connectivity index (χ0v) is 16.4. The van der Waals surface area contributed by atoms with E-state index in [1.54, 1.807) is 0 Å². The summed E-state index contributed by atoms with van der Waals surface area (Å²) in [6.07, 6.45) is 11.2. The molecule has 1 fully saturated rings. The van der Waals surface area contributed by atoms with Gasteiger partial charge in [0.15, 0.2) is 11.4 Å². The largest absolute Gasteiger partial charge is 0.392 e. The number of carbonyl (C=O) groups is 1. The molecule has 144 valence electrons. The molecule has 26 heavy (non-hydrogen) atoms. The quantitative estimate of drug-likeness (QED) is 0.485. The van der Waals surface area contributed by atoms with Gasteiger partial charge in [0, 0.05) is 6.42 Å². The second kappa shape index (κ2) is 8.94. The molecule has 4 heteroatoms. The predicted molar refractivity (Wildman–Crippen MR) is 104 cm³/mol. The van der Waals surface area contributed by atoms with Crippen molar-refractivity contribution in [3.63, 3.8) is 0 Å². The zero-order valence-electron chi connectivity index (χ0n) is 16.4. The molecule has 4 nitrogen and oxygen atoms in total. The summed E-state index contributed by atoms with van der Waals surface area (Å²) in [6.45, 7) is 8.18. The molecule has 0 bridgehead atoms. The topological polar surface area (TPSA) is 70.1 Å². The molecule has 0 aromatic carbocycles. The van der Waals surface area contributed by atoms with Crippen molar-refractivity contribution in [2.45, 2.75) is 77.6 Å². The Hall–Kier alpha value is -1.49. The highest BCUT2D eigenvalue weighted by atomic mass is 16.6. The van der Waals surface area contributed by atoms with Gasteiger partial charge in [-0.3, -0.25) is 4.79 Å². The third-order valence-electron chi connectivity index (χ3n) is 5.20. The highest BCUT2D eigenvalue weighted by Crippen LogP contribution is 2.48. The summed E-state index contributed by atoms with van der Waals surface area (Å²) in [4.78, 5) is 12.3. The first-order chi connectivity index (χ1) is 12.3. The van der Waals surface area contributed by atoms with E-state index in [4.69, 9.17) is 4.74 Å². The number of rotatable bonds is 9. The number of aliphatic hydroxyl groups is 2. The maximum absolute atomic E-state index is 12.3. The molecule has 0 amide bonds. The standard InChI is InChI=1S/C22H32O4/c1-15(2)7-5-8-16(3)9-6-10-17(4)11-12-22-19(24)13-18(14-23)20(25)21(22)26-22/h7,9,11,13,20-21,23,25H,5-6,8,10,12,14H2,1-4H3/b16-9+,17-11+/t20-,21-,22+/m0/s1. The number of ether oxygens (including phenoxy) is 1. The van der Waals surface area contributed by atoms with Crippen molar-refractivity contribution < 1.29 is 19.7 Å². The third kappa shape index (κ3) is 5.03. The molecule has 0 radical (unpaired) electrons. The normalized spacial score (nSPS) is 28.5. The van der Waals surface area contributed by atoms with Crippen molar-refractivity contribution in [3.8, 4) is 0 Å². The number of hydrogen-bond donors (Lipinski definition) is 2. The lowest BCUT2D eigenvalue weighted by Gasteiger charge is -2.19. The van der Waals surface area contributed by atoms with Gasteiger partial charge in [-0.2, -0.15) is 0 Å². The van der Waals surface area contributed by atoms with Crippen molar-refractivity contribution >= 4 is 5.78 Å². The van der Waals surface area contributed by atoms with E-state index in [0.717, 1.165) is 25.7 Å². The van der Waals surface area contributed by atoms with Crippen molar-refractivity contribution in [2.24, 2.45) is 0 Å². The van der Waals surface area contributed by atoms with Crippen LogP contribution in [0.15, 0.2) is 46.6 Å². The van der Waals surface area contributed by atoms with Crippen LogP contribution in [0, 0.1) is 0 Å². The summed E-state index contributed by atoms with van der Waals surface area (Å²) in [7, 11) is 0. The lowest BCUT2D eigenvalue weighted by Crippen LogP contribution is -2.37. The molecule has 3 atom stereocenters. The molecule has 0 spiro atoms. The number of allylic oxidation sites excluding steroid dienone is 5. The van der Waals surface area contributed by atoms with Crippen LogP contribution in [0.1, 0.15) is 59.8 Å². The number of epoxide rings is 1. The Bertz CT molecular complexity index is 649. The fourth-order valence-corrected chi connectivity index (χ4v) is 3.35. The SMILES string of the molecule is CC(C)=CCC/C(C)=C/CC/C(C)=C/C[C@]12O[C@H]1[C@@H](O)C(CO)=CC2=O. The van der Waals surface area contributed by atoms with Gasteiger partial charge in [0.25, 0.3) is 0 Å². The van der Waals surface area contributed by atoms with Crippen molar-refractivity contribution in [1.82, 2.24) is 0 Å². The Balaban J connectivity index is 1.82. The molecule has 0 aromatic rings. The van der Waals surface area contributed by atoms with Crippen molar-refractivity contribution in [1.29, 1.82) is 0 Å². The van der Waals surface area contributed by atoms with E-state index in [1.165, 1.54) is 22.8 Å². The first kappa shape index (κ1) is 20.8. The Morgan fingerprint density at radius 1 is 1.12 bits per heavy atom. The van der Waals surface area contributed by atoms with Gasteiger partial charge in [0.1, 0.15) is 12.2 Å². The molecule has 1 aliphatic heterocycles. The van der Waals surface area contributed by atoms with Crippen LogP contribution < -0.4 is 0 Å². The predicted octanol–water partition coefficient (Wildman–Crippen LogP) is 3.80. The number of hydrogen-bond acceptors (Lipinski definition) is 4. The van der Waals surface area contributed by atoms with Gasteiger partial charge in [-0.15, -0.1) is 0 Å². The fourth-order valence-electron chi connectivity index (χ4n) is 3.35. The van der Waals surface area contributed by atoms with E-state index in [9.17, 15) is 15.0 Å². The molecule has 0 saturated carbocycles. The molecule has 1 heterocycles. The van der Waals surface area contributed by atoms with E-state index in [0.29, 0.717) is 12.0 Å². The van der Waals surface area contributed by atoms with E-state index < -0.39 is 17.8 Å². The lowest BCUT2D eigenvalue weighted by molar-refractivity contribution is -0.119. The maximum atomic E-state index is 12.3. The van der Waals surface area contributed by atoms with Crippen LogP contribution in [0.3, 0.4) is 0 Å². The minimum atomic E-state index is -0.907. The van der Waals surface area contributed by atoms with Crippen LogP contribution in [-0.4, -0.2) is 40.4 Å². The lowest BCUT2D eigenvalue weighted by atomic mass is 9.84. The minimum absolute atomic E-state index is 0.143. The van der Waals surface area contributed by atoms with Crippen LogP contribution >= 0.6 is 0 Å². The average molecular weight is 360 g/mol. The number of ketones is 1. The fraction of sp³-hybridized carbons (Fsp3) is 0.591. The molecule has 2 rings (SSSR count). The van der Waals surface area contributed by atoms with Gasteiger partial charge in [0.2, 0.25) is 0 Å². The molecule has 0 aromatic heterocycles. The van der Waals surface area contributed by atoms with E-state index in [1.807, 2.05) is 0 Å². The molecule has 1 aliphatic carbocycles. The van der Waals surface area contributed by atoms with Crippen molar-refractivity contribution in [2.75, 3.05) is 6.61 Å². The second-order valence-electron chi connectivity index (χ2n) is 7.78. The average Bonchev–Trinajstić information content (AvgIpc) is 3.33. The highest BCUT2D eigenvalue weighted by molar-refractivity contribution is 6.02. The summed E-state index contributed by atoms with van der Waals surface area (Å²) in [5.41, 5.74) is 3.44. The zero-order chi connectivity index (χ0) is 19.3. The number of aliphatic hydroxyl groups excluding tert-OH is 2. The number of fused-ring (bicyclic) bond motifs is 1. The van der Waals surface area contributed by atoms with Crippen LogP contribution in [0.4, 0.5) is 0 Å². The molecule has 2 N–H and O–H groups in total. The first-order valence-electron chi connectivity index (χ1n) is 9.46. The minimum Gasteiger partial charge on any atom is -0.392 e. The monoisotopic (exact) mass is 360 g/mol. The maximum Gasteiger partial charge on any atom is 0.190 e. The Morgan fingerprint density at radius 2 is 1.73 bits per heavy atom. The molecular weight excluding hydrogens is 328 g/mol. The summed E-state index contributed by atoms with van der Waals surface area (Å²) >= 11 is 0. The molecule has 0 unspecified atom stereocenters. The van der Waals surface area contributed by atoms with E-state index in [-0.39, 0.29) is 12.4 Å². The van der Waals surface area contributed by atoms with Crippen LogP contribution in [0.25, 0.3) is 0 Å².